The highest BCUT2D eigenvalue weighted by Gasteiger charge is 2.53. The highest BCUT2D eigenvalue weighted by molar-refractivity contribution is 5.95. The van der Waals surface area contributed by atoms with Gasteiger partial charge in [0.25, 0.3) is 5.91 Å². The first-order valence-corrected chi connectivity index (χ1v) is 8.68. The van der Waals surface area contributed by atoms with Gasteiger partial charge in [-0.3, -0.25) is 4.79 Å². The first-order valence-electron chi connectivity index (χ1n) is 8.68. The van der Waals surface area contributed by atoms with Gasteiger partial charge in [0.2, 0.25) is 0 Å². The average Bonchev–Trinajstić information content (AvgIpc) is 2.53. The van der Waals surface area contributed by atoms with Crippen molar-refractivity contribution in [2.75, 3.05) is 32.1 Å². The monoisotopic (exact) mass is 320 g/mol. The van der Waals surface area contributed by atoms with Crippen molar-refractivity contribution in [3.05, 3.63) is 65.7 Å². The van der Waals surface area contributed by atoms with Gasteiger partial charge in [-0.2, -0.15) is 0 Å². The summed E-state index contributed by atoms with van der Waals surface area (Å²) in [6.45, 7) is 1.84. The fraction of sp³-hybridized carbons (Fsp3) is 0.381. The second kappa shape index (κ2) is 5.66. The van der Waals surface area contributed by atoms with Crippen LogP contribution in [0.3, 0.4) is 0 Å². The quantitative estimate of drug-likeness (QED) is 0.859. The summed E-state index contributed by atoms with van der Waals surface area (Å²) in [6.07, 6.45) is 2.44. The van der Waals surface area contributed by atoms with Crippen molar-refractivity contribution >= 4 is 11.6 Å². The zero-order valence-electron chi connectivity index (χ0n) is 14.4. The molecule has 2 aromatic rings. The van der Waals surface area contributed by atoms with Gasteiger partial charge in [0.1, 0.15) is 0 Å². The van der Waals surface area contributed by atoms with Gasteiger partial charge in [0.05, 0.1) is 0 Å². The van der Waals surface area contributed by atoms with Crippen LogP contribution in [0.15, 0.2) is 54.6 Å². The number of likely N-dealkylation sites (tertiary alicyclic amines) is 1. The maximum absolute atomic E-state index is 12.7. The fourth-order valence-electron chi connectivity index (χ4n) is 4.21. The lowest BCUT2D eigenvalue weighted by Gasteiger charge is -2.59. The lowest BCUT2D eigenvalue weighted by atomic mass is 9.56. The summed E-state index contributed by atoms with van der Waals surface area (Å²) in [5.74, 6) is 0.855. The number of hydrogen-bond acceptors (Lipinski definition) is 2. The van der Waals surface area contributed by atoms with Crippen LogP contribution in [-0.4, -0.2) is 38.0 Å². The van der Waals surface area contributed by atoms with E-state index >= 15 is 0 Å². The van der Waals surface area contributed by atoms with Gasteiger partial charge in [0, 0.05) is 43.9 Å². The lowest BCUT2D eigenvalue weighted by molar-refractivity contribution is -0.0553. The molecule has 0 aromatic heterocycles. The Balaban J connectivity index is 1.37. The Morgan fingerprint density at radius 1 is 1.04 bits per heavy atom. The first kappa shape index (κ1) is 15.3. The number of anilines is 1. The summed E-state index contributed by atoms with van der Waals surface area (Å²) in [7, 11) is 4.00. The van der Waals surface area contributed by atoms with Gasteiger partial charge in [-0.15, -0.1) is 0 Å². The maximum Gasteiger partial charge on any atom is 0.253 e. The van der Waals surface area contributed by atoms with Gasteiger partial charge >= 0.3 is 0 Å². The van der Waals surface area contributed by atoms with E-state index in [2.05, 4.69) is 30.3 Å². The Bertz CT molecular complexity index is 739. The molecule has 1 saturated carbocycles. The van der Waals surface area contributed by atoms with E-state index in [9.17, 15) is 4.79 Å². The summed E-state index contributed by atoms with van der Waals surface area (Å²) in [5.41, 5.74) is 3.71. The van der Waals surface area contributed by atoms with Crippen LogP contribution < -0.4 is 4.90 Å². The van der Waals surface area contributed by atoms with Crippen molar-refractivity contribution in [3.8, 4) is 0 Å². The molecule has 0 radical (unpaired) electrons. The van der Waals surface area contributed by atoms with Gasteiger partial charge in [-0.1, -0.05) is 36.4 Å². The predicted molar refractivity (Wildman–Crippen MR) is 97.5 cm³/mol. The van der Waals surface area contributed by atoms with Crippen LogP contribution in [0.2, 0.25) is 0 Å². The van der Waals surface area contributed by atoms with Crippen molar-refractivity contribution in [1.29, 1.82) is 0 Å². The van der Waals surface area contributed by atoms with Crippen molar-refractivity contribution < 1.29 is 4.79 Å². The third kappa shape index (κ3) is 2.58. The minimum Gasteiger partial charge on any atom is -0.378 e. The number of hydrogen-bond donors (Lipinski definition) is 0. The van der Waals surface area contributed by atoms with Gasteiger partial charge < -0.3 is 9.80 Å². The molecule has 2 aliphatic rings. The van der Waals surface area contributed by atoms with Crippen molar-refractivity contribution in [2.24, 2.45) is 5.41 Å². The smallest absolute Gasteiger partial charge is 0.253 e. The molecule has 1 amide bonds. The van der Waals surface area contributed by atoms with E-state index in [1.165, 1.54) is 18.4 Å². The van der Waals surface area contributed by atoms with E-state index in [1.807, 2.05) is 48.2 Å². The number of rotatable bonds is 3. The molecule has 24 heavy (non-hydrogen) atoms. The standard InChI is InChI=1S/C21H24N2O/c1-22(2)19-10-6-9-17(11-19)20(24)23-14-21(15-23)12-18(13-21)16-7-4-3-5-8-16/h3-11,18H,12-15H2,1-2H3. The zero-order chi connectivity index (χ0) is 16.7. The Hall–Kier alpha value is -2.29. The summed E-state index contributed by atoms with van der Waals surface area (Å²) < 4.78 is 0. The molecule has 2 aromatic carbocycles. The minimum atomic E-state index is 0.174. The van der Waals surface area contributed by atoms with Crippen LogP contribution >= 0.6 is 0 Å². The molecule has 1 aliphatic carbocycles. The molecule has 1 saturated heterocycles. The topological polar surface area (TPSA) is 23.6 Å². The zero-order valence-corrected chi connectivity index (χ0v) is 14.4. The van der Waals surface area contributed by atoms with E-state index in [0.29, 0.717) is 11.3 Å². The van der Waals surface area contributed by atoms with Gasteiger partial charge in [-0.25, -0.2) is 0 Å². The Kier molecular flexibility index (Phi) is 3.60. The molecule has 1 spiro atoms. The number of benzene rings is 2. The molecule has 0 atom stereocenters. The highest BCUT2D eigenvalue weighted by Crippen LogP contribution is 2.56. The molecular weight excluding hydrogens is 296 g/mol. The predicted octanol–water partition coefficient (Wildman–Crippen LogP) is 3.77. The van der Waals surface area contributed by atoms with Crippen LogP contribution in [0, 0.1) is 5.41 Å². The molecule has 1 heterocycles. The maximum atomic E-state index is 12.7. The number of carbonyl (C=O) groups is 1. The summed E-state index contributed by atoms with van der Waals surface area (Å²) in [6, 6.07) is 18.7. The molecule has 3 heteroatoms. The molecule has 0 bridgehead atoms. The molecule has 0 N–H and O–H groups in total. The van der Waals surface area contributed by atoms with E-state index in [1.54, 1.807) is 0 Å². The van der Waals surface area contributed by atoms with E-state index in [4.69, 9.17) is 0 Å². The Labute approximate surface area is 143 Å². The van der Waals surface area contributed by atoms with Crippen LogP contribution in [0.1, 0.15) is 34.7 Å². The second-order valence-electron chi connectivity index (χ2n) is 7.62. The molecule has 124 valence electrons. The van der Waals surface area contributed by atoms with Gasteiger partial charge in [0.15, 0.2) is 0 Å². The minimum absolute atomic E-state index is 0.174. The lowest BCUT2D eigenvalue weighted by Crippen LogP contribution is -2.63. The van der Waals surface area contributed by atoms with Crippen molar-refractivity contribution in [3.63, 3.8) is 0 Å². The van der Waals surface area contributed by atoms with E-state index in [-0.39, 0.29) is 5.91 Å². The third-order valence-corrected chi connectivity index (χ3v) is 5.58. The molecule has 4 rings (SSSR count). The Morgan fingerprint density at radius 3 is 2.42 bits per heavy atom. The molecule has 2 fully saturated rings. The molecule has 0 unspecified atom stereocenters. The number of nitrogens with zero attached hydrogens (tertiary/aromatic N) is 2. The van der Waals surface area contributed by atoms with E-state index in [0.717, 1.165) is 24.3 Å². The van der Waals surface area contributed by atoms with Crippen LogP contribution in [0.5, 0.6) is 0 Å². The van der Waals surface area contributed by atoms with Crippen LogP contribution in [0.25, 0.3) is 0 Å². The molecular formula is C21H24N2O. The number of amides is 1. The average molecular weight is 320 g/mol. The normalized spacial score (nSPS) is 18.8. The second-order valence-corrected chi connectivity index (χ2v) is 7.62. The Morgan fingerprint density at radius 2 is 1.75 bits per heavy atom. The summed E-state index contributed by atoms with van der Waals surface area (Å²) in [4.78, 5) is 16.7. The van der Waals surface area contributed by atoms with Crippen LogP contribution in [0.4, 0.5) is 5.69 Å². The number of carbonyl (C=O) groups excluding carboxylic acids is 1. The summed E-state index contributed by atoms with van der Waals surface area (Å²) >= 11 is 0. The molecule has 3 nitrogen and oxygen atoms in total. The van der Waals surface area contributed by atoms with Gasteiger partial charge in [-0.05, 0) is 42.5 Å². The highest BCUT2D eigenvalue weighted by atomic mass is 16.2. The van der Waals surface area contributed by atoms with Crippen molar-refractivity contribution in [1.82, 2.24) is 4.90 Å². The first-order chi connectivity index (χ1) is 11.6. The fourth-order valence-corrected chi connectivity index (χ4v) is 4.21. The van der Waals surface area contributed by atoms with Crippen molar-refractivity contribution in [2.45, 2.75) is 18.8 Å². The van der Waals surface area contributed by atoms with E-state index < -0.39 is 0 Å². The SMILES string of the molecule is CN(C)c1cccc(C(=O)N2CC3(CC(c4ccccc4)C3)C2)c1. The molecule has 1 aliphatic heterocycles. The van der Waals surface area contributed by atoms with Crippen LogP contribution in [-0.2, 0) is 0 Å². The third-order valence-electron chi connectivity index (χ3n) is 5.58. The summed E-state index contributed by atoms with van der Waals surface area (Å²) in [5, 5.41) is 0. The largest absolute Gasteiger partial charge is 0.378 e.